The molecule has 1 heterocycles. The summed E-state index contributed by atoms with van der Waals surface area (Å²) in [7, 11) is 0. The highest BCUT2D eigenvalue weighted by atomic mass is 16.5. The van der Waals surface area contributed by atoms with Crippen LogP contribution in [0.25, 0.3) is 0 Å². The van der Waals surface area contributed by atoms with Gasteiger partial charge in [-0.25, -0.2) is 0 Å². The van der Waals surface area contributed by atoms with Gasteiger partial charge in [0.15, 0.2) is 0 Å². The standard InChI is InChI=1S/C13H24O3/c1-13(2)7-3-6-11(12(13)14)16-9-10-5-4-8-15-10/h10-12,14H,3-9H2,1-2H3. The maximum Gasteiger partial charge on any atom is 0.0852 e. The van der Waals surface area contributed by atoms with E-state index in [0.29, 0.717) is 6.61 Å². The van der Waals surface area contributed by atoms with Gasteiger partial charge in [0.05, 0.1) is 24.9 Å². The molecule has 2 aliphatic rings. The predicted molar refractivity (Wildman–Crippen MR) is 62.4 cm³/mol. The zero-order valence-corrected chi connectivity index (χ0v) is 10.4. The van der Waals surface area contributed by atoms with Gasteiger partial charge in [0, 0.05) is 6.61 Å². The fourth-order valence-corrected chi connectivity index (χ4v) is 2.75. The van der Waals surface area contributed by atoms with Gasteiger partial charge in [-0.3, -0.25) is 0 Å². The van der Waals surface area contributed by atoms with Crippen molar-refractivity contribution in [3.05, 3.63) is 0 Å². The molecule has 1 aliphatic heterocycles. The molecular formula is C13H24O3. The molecule has 1 saturated carbocycles. The molecule has 0 aromatic carbocycles. The second kappa shape index (κ2) is 5.03. The zero-order valence-electron chi connectivity index (χ0n) is 10.4. The van der Waals surface area contributed by atoms with Crippen molar-refractivity contribution in [1.82, 2.24) is 0 Å². The molecule has 3 atom stereocenters. The van der Waals surface area contributed by atoms with Crippen molar-refractivity contribution < 1.29 is 14.6 Å². The van der Waals surface area contributed by atoms with Gasteiger partial charge >= 0.3 is 0 Å². The molecule has 0 aromatic rings. The average molecular weight is 228 g/mol. The molecule has 16 heavy (non-hydrogen) atoms. The normalized spacial score (nSPS) is 38.8. The predicted octanol–water partition coefficient (Wildman–Crippen LogP) is 2.12. The van der Waals surface area contributed by atoms with E-state index in [4.69, 9.17) is 9.47 Å². The number of aliphatic hydroxyl groups excluding tert-OH is 1. The Morgan fingerprint density at radius 3 is 2.81 bits per heavy atom. The van der Waals surface area contributed by atoms with Crippen molar-refractivity contribution in [3.8, 4) is 0 Å². The molecule has 94 valence electrons. The number of ether oxygens (including phenoxy) is 2. The SMILES string of the molecule is CC1(C)CCCC(OCC2CCCO2)C1O. The van der Waals surface area contributed by atoms with Crippen LogP contribution in [0.2, 0.25) is 0 Å². The monoisotopic (exact) mass is 228 g/mol. The first kappa shape index (κ1) is 12.3. The number of aliphatic hydroxyl groups is 1. The third-order valence-electron chi connectivity index (χ3n) is 3.98. The average Bonchev–Trinajstić information content (AvgIpc) is 2.73. The second-order valence-electron chi connectivity index (χ2n) is 5.83. The Balaban J connectivity index is 1.79. The van der Waals surface area contributed by atoms with Crippen molar-refractivity contribution >= 4 is 0 Å². The third-order valence-corrected chi connectivity index (χ3v) is 3.98. The summed E-state index contributed by atoms with van der Waals surface area (Å²) in [5.41, 5.74) is -0.000546. The Hall–Kier alpha value is -0.120. The van der Waals surface area contributed by atoms with Gasteiger partial charge in [-0.15, -0.1) is 0 Å². The molecule has 0 aromatic heterocycles. The van der Waals surface area contributed by atoms with Gasteiger partial charge in [-0.1, -0.05) is 20.3 Å². The Morgan fingerprint density at radius 1 is 1.31 bits per heavy atom. The van der Waals surface area contributed by atoms with Crippen molar-refractivity contribution in [2.24, 2.45) is 5.41 Å². The van der Waals surface area contributed by atoms with Crippen LogP contribution >= 0.6 is 0 Å². The van der Waals surface area contributed by atoms with Crippen LogP contribution < -0.4 is 0 Å². The number of hydrogen-bond acceptors (Lipinski definition) is 3. The minimum Gasteiger partial charge on any atom is -0.390 e. The lowest BCUT2D eigenvalue weighted by Gasteiger charge is -2.40. The van der Waals surface area contributed by atoms with Crippen LogP contribution in [0.3, 0.4) is 0 Å². The highest BCUT2D eigenvalue weighted by Crippen LogP contribution is 2.37. The minimum absolute atomic E-state index is 0.000546. The molecule has 3 nitrogen and oxygen atoms in total. The van der Waals surface area contributed by atoms with Crippen molar-refractivity contribution in [3.63, 3.8) is 0 Å². The lowest BCUT2D eigenvalue weighted by molar-refractivity contribution is -0.127. The van der Waals surface area contributed by atoms with Crippen molar-refractivity contribution in [2.75, 3.05) is 13.2 Å². The topological polar surface area (TPSA) is 38.7 Å². The molecule has 0 spiro atoms. The zero-order chi connectivity index (χ0) is 11.6. The molecule has 1 N–H and O–H groups in total. The van der Waals surface area contributed by atoms with Crippen molar-refractivity contribution in [2.45, 2.75) is 64.3 Å². The van der Waals surface area contributed by atoms with E-state index in [9.17, 15) is 5.11 Å². The highest BCUT2D eigenvalue weighted by molar-refractivity contribution is 4.89. The molecule has 3 heteroatoms. The van der Waals surface area contributed by atoms with E-state index in [1.165, 1.54) is 0 Å². The summed E-state index contributed by atoms with van der Waals surface area (Å²) in [5, 5.41) is 10.2. The Morgan fingerprint density at radius 2 is 2.12 bits per heavy atom. The molecule has 0 bridgehead atoms. The fraction of sp³-hybridized carbons (Fsp3) is 1.00. The Labute approximate surface area is 98.1 Å². The summed E-state index contributed by atoms with van der Waals surface area (Å²) in [5.74, 6) is 0. The molecule has 2 fully saturated rings. The summed E-state index contributed by atoms with van der Waals surface area (Å²) < 4.78 is 11.4. The summed E-state index contributed by atoms with van der Waals surface area (Å²) >= 11 is 0. The first-order chi connectivity index (χ1) is 7.59. The van der Waals surface area contributed by atoms with E-state index >= 15 is 0 Å². The minimum atomic E-state index is -0.331. The molecule has 3 unspecified atom stereocenters. The van der Waals surface area contributed by atoms with Crippen molar-refractivity contribution in [1.29, 1.82) is 0 Å². The van der Waals surface area contributed by atoms with Gasteiger partial charge in [-0.2, -0.15) is 0 Å². The number of rotatable bonds is 3. The number of hydrogen-bond donors (Lipinski definition) is 1. The smallest absolute Gasteiger partial charge is 0.0852 e. The van der Waals surface area contributed by atoms with E-state index in [1.54, 1.807) is 0 Å². The maximum absolute atomic E-state index is 10.2. The van der Waals surface area contributed by atoms with Crippen LogP contribution in [0.4, 0.5) is 0 Å². The van der Waals surface area contributed by atoms with Gasteiger partial charge in [0.1, 0.15) is 0 Å². The quantitative estimate of drug-likeness (QED) is 0.804. The third kappa shape index (κ3) is 2.76. The summed E-state index contributed by atoms with van der Waals surface area (Å²) in [6.45, 7) is 5.77. The molecule has 2 rings (SSSR count). The lowest BCUT2D eigenvalue weighted by atomic mass is 9.73. The molecule has 1 aliphatic carbocycles. The van der Waals surface area contributed by atoms with Gasteiger partial charge in [-0.05, 0) is 31.1 Å². The van der Waals surface area contributed by atoms with Crippen LogP contribution in [-0.2, 0) is 9.47 Å². The second-order valence-corrected chi connectivity index (χ2v) is 5.83. The van der Waals surface area contributed by atoms with Gasteiger partial charge in [0.25, 0.3) is 0 Å². The first-order valence-electron chi connectivity index (χ1n) is 6.51. The summed E-state index contributed by atoms with van der Waals surface area (Å²) in [6, 6.07) is 0. The Bertz CT molecular complexity index is 221. The molecule has 0 amide bonds. The summed E-state index contributed by atoms with van der Waals surface area (Å²) in [6.07, 6.45) is 5.41. The molecular weight excluding hydrogens is 204 g/mol. The summed E-state index contributed by atoms with van der Waals surface area (Å²) in [4.78, 5) is 0. The van der Waals surface area contributed by atoms with E-state index in [-0.39, 0.29) is 23.7 Å². The van der Waals surface area contributed by atoms with Gasteiger partial charge < -0.3 is 14.6 Å². The molecule has 0 radical (unpaired) electrons. The van der Waals surface area contributed by atoms with Crippen LogP contribution in [0.5, 0.6) is 0 Å². The largest absolute Gasteiger partial charge is 0.390 e. The maximum atomic E-state index is 10.2. The molecule has 1 saturated heterocycles. The Kier molecular flexibility index (Phi) is 3.88. The van der Waals surface area contributed by atoms with Gasteiger partial charge in [0.2, 0.25) is 0 Å². The van der Waals surface area contributed by atoms with E-state index in [1.807, 2.05) is 0 Å². The van der Waals surface area contributed by atoms with Crippen LogP contribution in [-0.4, -0.2) is 36.6 Å². The van der Waals surface area contributed by atoms with Crippen LogP contribution in [0.15, 0.2) is 0 Å². The lowest BCUT2D eigenvalue weighted by Crippen LogP contribution is -2.45. The first-order valence-corrected chi connectivity index (χ1v) is 6.51. The van der Waals surface area contributed by atoms with E-state index in [2.05, 4.69) is 13.8 Å². The van der Waals surface area contributed by atoms with E-state index in [0.717, 1.165) is 38.7 Å². The van der Waals surface area contributed by atoms with Crippen LogP contribution in [0, 0.1) is 5.41 Å². The highest BCUT2D eigenvalue weighted by Gasteiger charge is 2.38. The fourth-order valence-electron chi connectivity index (χ4n) is 2.75. The van der Waals surface area contributed by atoms with E-state index < -0.39 is 0 Å². The van der Waals surface area contributed by atoms with Crippen LogP contribution in [0.1, 0.15) is 46.0 Å².